The number of carbonyl (C=O) groups excluding carboxylic acids is 2. The highest BCUT2D eigenvalue weighted by molar-refractivity contribution is 8.01. The topological polar surface area (TPSA) is 49.9 Å². The maximum Gasteiger partial charge on any atom is 0.268 e. The van der Waals surface area contributed by atoms with Crippen molar-refractivity contribution in [2.45, 2.75) is 18.3 Å². The number of ether oxygens (including phenoxy) is 1. The van der Waals surface area contributed by atoms with Gasteiger partial charge in [-0.15, -0.1) is 11.8 Å². The molecule has 0 saturated carbocycles. The molecule has 1 atom stereocenters. The number of para-hydroxylation sites is 1. The zero-order chi connectivity index (χ0) is 22.3. The van der Waals surface area contributed by atoms with Gasteiger partial charge in [-0.2, -0.15) is 0 Å². The Morgan fingerprint density at radius 3 is 2.66 bits per heavy atom. The third-order valence-electron chi connectivity index (χ3n) is 6.25. The normalized spacial score (nSPS) is 19.5. The Morgan fingerprint density at radius 2 is 1.84 bits per heavy atom. The lowest BCUT2D eigenvalue weighted by Gasteiger charge is -2.33. The smallest absolute Gasteiger partial charge is 0.268 e. The third-order valence-corrected chi connectivity index (χ3v) is 7.67. The summed E-state index contributed by atoms with van der Waals surface area (Å²) in [6.07, 6.45) is 0. The van der Waals surface area contributed by atoms with Crippen molar-refractivity contribution in [1.29, 1.82) is 0 Å². The average Bonchev–Trinajstić information content (AvgIpc) is 3.37. The van der Waals surface area contributed by atoms with Gasteiger partial charge >= 0.3 is 0 Å². The Hall–Kier alpha value is -3.25. The van der Waals surface area contributed by atoms with Crippen molar-refractivity contribution < 1.29 is 14.3 Å². The van der Waals surface area contributed by atoms with E-state index in [4.69, 9.17) is 4.74 Å². The van der Waals surface area contributed by atoms with E-state index in [1.807, 2.05) is 47.4 Å². The second-order valence-corrected chi connectivity index (χ2v) is 9.30. The summed E-state index contributed by atoms with van der Waals surface area (Å²) >= 11 is 1.55. The van der Waals surface area contributed by atoms with Crippen molar-refractivity contribution >= 4 is 29.3 Å². The fourth-order valence-electron chi connectivity index (χ4n) is 4.59. The average molecular weight is 445 g/mol. The molecule has 2 aliphatic heterocycles. The molecule has 0 radical (unpaired) electrons. The number of benzene rings is 3. The minimum atomic E-state index is -1.04. The number of nitrogens with zero attached hydrogens (tertiary/aromatic N) is 2. The fraction of sp³-hybridized carbons (Fsp3) is 0.231. The molecule has 32 heavy (non-hydrogen) atoms. The number of rotatable bonds is 4. The van der Waals surface area contributed by atoms with E-state index in [1.165, 1.54) is 0 Å². The standard InChI is InChI=1S/C26H24N2O3S/c1-18-8-3-4-9-20(18)17-27-23-13-6-5-12-22(23)26(25(27)30)28(14-15-32-26)24(29)19-10-7-11-21(16-19)31-2/h3-13,16H,14-15,17H2,1-2H3. The number of fused-ring (bicyclic) bond motifs is 2. The van der Waals surface area contributed by atoms with Gasteiger partial charge in [0.2, 0.25) is 0 Å². The van der Waals surface area contributed by atoms with Gasteiger partial charge in [-0.05, 0) is 42.3 Å². The number of amides is 2. The lowest BCUT2D eigenvalue weighted by molar-refractivity contribution is -0.123. The summed E-state index contributed by atoms with van der Waals surface area (Å²) in [5.41, 5.74) is 4.52. The van der Waals surface area contributed by atoms with Crippen LogP contribution in [0.25, 0.3) is 0 Å². The monoisotopic (exact) mass is 444 g/mol. The molecule has 162 valence electrons. The molecule has 0 N–H and O–H groups in total. The van der Waals surface area contributed by atoms with Crippen LogP contribution in [0.15, 0.2) is 72.8 Å². The van der Waals surface area contributed by atoms with Gasteiger partial charge in [0.1, 0.15) is 5.75 Å². The first-order valence-electron chi connectivity index (χ1n) is 10.6. The van der Waals surface area contributed by atoms with Gasteiger partial charge < -0.3 is 14.5 Å². The van der Waals surface area contributed by atoms with Crippen LogP contribution in [-0.2, 0) is 16.2 Å². The molecule has 2 heterocycles. The first kappa shape index (κ1) is 20.6. The highest BCUT2D eigenvalue weighted by atomic mass is 32.2. The van der Waals surface area contributed by atoms with Crippen LogP contribution < -0.4 is 9.64 Å². The van der Waals surface area contributed by atoms with Crippen molar-refractivity contribution in [2.24, 2.45) is 0 Å². The summed E-state index contributed by atoms with van der Waals surface area (Å²) < 4.78 is 5.31. The predicted molar refractivity (Wildman–Crippen MR) is 127 cm³/mol. The molecule has 6 heteroatoms. The summed E-state index contributed by atoms with van der Waals surface area (Å²) in [7, 11) is 1.58. The van der Waals surface area contributed by atoms with Crippen LogP contribution in [-0.4, -0.2) is 36.1 Å². The molecule has 0 bridgehead atoms. The molecule has 1 spiro atoms. The second kappa shape index (κ2) is 8.02. The molecule has 5 rings (SSSR count). The van der Waals surface area contributed by atoms with Gasteiger partial charge in [0, 0.05) is 23.4 Å². The number of thioether (sulfide) groups is 1. The zero-order valence-electron chi connectivity index (χ0n) is 18.1. The van der Waals surface area contributed by atoms with E-state index in [9.17, 15) is 9.59 Å². The number of anilines is 1. The van der Waals surface area contributed by atoms with Gasteiger partial charge in [0.25, 0.3) is 11.8 Å². The highest BCUT2D eigenvalue weighted by Crippen LogP contribution is 2.54. The lowest BCUT2D eigenvalue weighted by Crippen LogP contribution is -2.50. The molecular formula is C26H24N2O3S. The number of methoxy groups -OCH3 is 1. The number of hydrogen-bond acceptors (Lipinski definition) is 4. The van der Waals surface area contributed by atoms with Gasteiger partial charge in [-0.3, -0.25) is 9.59 Å². The minimum Gasteiger partial charge on any atom is -0.497 e. The Balaban J connectivity index is 1.57. The summed E-state index contributed by atoms with van der Waals surface area (Å²) in [5, 5.41) is 0. The number of aryl methyl sites for hydroxylation is 1. The summed E-state index contributed by atoms with van der Waals surface area (Å²) in [6.45, 7) is 3.05. The molecule has 3 aromatic carbocycles. The molecule has 5 nitrogen and oxygen atoms in total. The maximum absolute atomic E-state index is 14.1. The Bertz CT molecular complexity index is 1210. The van der Waals surface area contributed by atoms with Crippen molar-refractivity contribution in [2.75, 3.05) is 24.3 Å². The first-order chi connectivity index (χ1) is 15.6. The molecule has 1 saturated heterocycles. The lowest BCUT2D eigenvalue weighted by atomic mass is 10.0. The predicted octanol–water partition coefficient (Wildman–Crippen LogP) is 4.59. The van der Waals surface area contributed by atoms with Crippen LogP contribution in [0.5, 0.6) is 5.75 Å². The highest BCUT2D eigenvalue weighted by Gasteiger charge is 2.59. The largest absolute Gasteiger partial charge is 0.497 e. The van der Waals surface area contributed by atoms with Crippen molar-refractivity contribution in [3.05, 3.63) is 95.1 Å². The molecule has 1 unspecified atom stereocenters. The van der Waals surface area contributed by atoms with E-state index >= 15 is 0 Å². The minimum absolute atomic E-state index is 0.0549. The van der Waals surface area contributed by atoms with E-state index in [0.29, 0.717) is 30.2 Å². The summed E-state index contributed by atoms with van der Waals surface area (Å²) in [4.78, 5) is 30.2. The molecular weight excluding hydrogens is 420 g/mol. The van der Waals surface area contributed by atoms with Crippen LogP contribution in [0.4, 0.5) is 5.69 Å². The van der Waals surface area contributed by atoms with Crippen LogP contribution >= 0.6 is 11.8 Å². The van der Waals surface area contributed by atoms with Gasteiger partial charge in [0.15, 0.2) is 4.87 Å². The Morgan fingerprint density at radius 1 is 1.06 bits per heavy atom. The molecule has 3 aromatic rings. The SMILES string of the molecule is COc1cccc(C(=O)N2CCSC23C(=O)N(Cc2ccccc2C)c2ccccc23)c1. The first-order valence-corrected chi connectivity index (χ1v) is 11.6. The maximum atomic E-state index is 14.1. The number of carbonyl (C=O) groups is 2. The molecule has 2 amide bonds. The van der Waals surface area contributed by atoms with Crippen LogP contribution in [0, 0.1) is 6.92 Å². The molecule has 2 aliphatic rings. The summed E-state index contributed by atoms with van der Waals surface area (Å²) in [6, 6.07) is 23.1. The van der Waals surface area contributed by atoms with Crippen molar-refractivity contribution in [1.82, 2.24) is 4.90 Å². The van der Waals surface area contributed by atoms with E-state index < -0.39 is 4.87 Å². The summed E-state index contributed by atoms with van der Waals surface area (Å²) in [5.74, 6) is 1.11. The molecule has 1 fully saturated rings. The van der Waals surface area contributed by atoms with E-state index in [-0.39, 0.29) is 11.8 Å². The quantitative estimate of drug-likeness (QED) is 0.591. The van der Waals surface area contributed by atoms with Gasteiger partial charge in [0.05, 0.1) is 19.3 Å². The van der Waals surface area contributed by atoms with Gasteiger partial charge in [-0.25, -0.2) is 0 Å². The van der Waals surface area contributed by atoms with Crippen LogP contribution in [0.1, 0.15) is 27.0 Å². The fourth-order valence-corrected chi connectivity index (χ4v) is 6.06. The zero-order valence-corrected chi connectivity index (χ0v) is 18.9. The molecule has 0 aliphatic carbocycles. The number of hydrogen-bond donors (Lipinski definition) is 0. The van der Waals surface area contributed by atoms with Crippen LogP contribution in [0.3, 0.4) is 0 Å². The van der Waals surface area contributed by atoms with Crippen molar-refractivity contribution in [3.63, 3.8) is 0 Å². The van der Waals surface area contributed by atoms with Crippen molar-refractivity contribution in [3.8, 4) is 5.75 Å². The molecule has 0 aromatic heterocycles. The van der Waals surface area contributed by atoms with E-state index in [2.05, 4.69) is 19.1 Å². The Labute approximate surface area is 192 Å². The second-order valence-electron chi connectivity index (χ2n) is 8.02. The van der Waals surface area contributed by atoms with E-state index in [1.54, 1.807) is 42.0 Å². The Kier molecular flexibility index (Phi) is 5.18. The van der Waals surface area contributed by atoms with Crippen LogP contribution in [0.2, 0.25) is 0 Å². The van der Waals surface area contributed by atoms with Gasteiger partial charge in [-0.1, -0.05) is 48.5 Å². The third kappa shape index (κ3) is 3.09. The van der Waals surface area contributed by atoms with E-state index in [0.717, 1.165) is 22.4 Å².